The Bertz CT molecular complexity index is 1140. The highest BCUT2D eigenvalue weighted by Gasteiger charge is 2.41. The first-order valence-corrected chi connectivity index (χ1v) is 13.2. The minimum absolute atomic E-state index is 0.00606. The van der Waals surface area contributed by atoms with Crippen molar-refractivity contribution in [1.82, 2.24) is 15.5 Å². The van der Waals surface area contributed by atoms with Crippen LogP contribution in [0.25, 0.3) is 0 Å². The van der Waals surface area contributed by atoms with E-state index in [1.54, 1.807) is 10.5 Å². The van der Waals surface area contributed by atoms with Crippen LogP contribution in [0.4, 0.5) is 5.69 Å². The van der Waals surface area contributed by atoms with E-state index in [-0.39, 0.29) is 17.7 Å². The van der Waals surface area contributed by atoms with Gasteiger partial charge in [-0.15, -0.1) is 0 Å². The fraction of sp³-hybridized carbons (Fsp3) is 0.483. The summed E-state index contributed by atoms with van der Waals surface area (Å²) in [5.41, 5.74) is 5.22. The third-order valence-electron chi connectivity index (χ3n) is 8.26. The summed E-state index contributed by atoms with van der Waals surface area (Å²) < 4.78 is 0. The van der Waals surface area contributed by atoms with E-state index in [9.17, 15) is 14.4 Å². The number of carbonyl (C=O) groups is 3. The van der Waals surface area contributed by atoms with Crippen LogP contribution in [-0.4, -0.2) is 61.4 Å². The average molecular weight is 489 g/mol. The number of para-hydroxylation sites is 1. The lowest BCUT2D eigenvalue weighted by Gasteiger charge is -2.40. The summed E-state index contributed by atoms with van der Waals surface area (Å²) in [4.78, 5) is 41.6. The summed E-state index contributed by atoms with van der Waals surface area (Å²) in [5.74, 6) is -0.312. The Morgan fingerprint density at radius 3 is 2.39 bits per heavy atom. The van der Waals surface area contributed by atoms with E-state index in [4.69, 9.17) is 0 Å². The quantitative estimate of drug-likeness (QED) is 0.587. The molecule has 3 amide bonds. The molecule has 2 aromatic carbocycles. The maximum atomic E-state index is 13.5. The zero-order chi connectivity index (χ0) is 25.1. The van der Waals surface area contributed by atoms with Crippen molar-refractivity contribution in [3.8, 4) is 0 Å². The normalized spacial score (nSPS) is 20.1. The van der Waals surface area contributed by atoms with Gasteiger partial charge in [0.2, 0.25) is 17.7 Å². The maximum Gasteiger partial charge on any atom is 0.243 e. The number of aryl methyl sites for hydroxylation is 1. The van der Waals surface area contributed by atoms with Gasteiger partial charge in [0.05, 0.1) is 0 Å². The Kier molecular flexibility index (Phi) is 7.10. The van der Waals surface area contributed by atoms with Crippen LogP contribution in [0.15, 0.2) is 48.5 Å². The van der Waals surface area contributed by atoms with E-state index in [1.165, 1.54) is 25.3 Å². The molecule has 1 fully saturated rings. The molecule has 0 saturated carbocycles. The van der Waals surface area contributed by atoms with Gasteiger partial charge in [-0.1, -0.05) is 42.5 Å². The van der Waals surface area contributed by atoms with Gasteiger partial charge in [0, 0.05) is 45.1 Å². The van der Waals surface area contributed by atoms with Crippen LogP contribution in [0.2, 0.25) is 0 Å². The van der Waals surface area contributed by atoms with Crippen molar-refractivity contribution in [2.75, 3.05) is 37.6 Å². The molecule has 1 unspecified atom stereocenters. The van der Waals surface area contributed by atoms with Crippen LogP contribution in [-0.2, 0) is 32.6 Å². The Morgan fingerprint density at radius 2 is 1.61 bits per heavy atom. The molecule has 1 saturated heterocycles. The van der Waals surface area contributed by atoms with Crippen LogP contribution in [0, 0.1) is 0 Å². The largest absolute Gasteiger partial charge is 0.355 e. The van der Waals surface area contributed by atoms with Crippen molar-refractivity contribution in [3.05, 3.63) is 65.2 Å². The molecule has 7 nitrogen and oxygen atoms in total. The number of fused-ring (bicyclic) bond motifs is 3. The molecule has 3 aliphatic rings. The number of anilines is 1. The van der Waals surface area contributed by atoms with Crippen molar-refractivity contribution >= 4 is 23.4 Å². The molecular weight excluding hydrogens is 452 g/mol. The molecule has 36 heavy (non-hydrogen) atoms. The zero-order valence-corrected chi connectivity index (χ0v) is 21.1. The van der Waals surface area contributed by atoms with Crippen molar-refractivity contribution in [2.24, 2.45) is 0 Å². The van der Waals surface area contributed by atoms with Gasteiger partial charge >= 0.3 is 0 Å². The predicted octanol–water partition coefficient (Wildman–Crippen LogP) is 2.57. The van der Waals surface area contributed by atoms with Crippen molar-refractivity contribution < 1.29 is 14.4 Å². The first kappa shape index (κ1) is 24.5. The monoisotopic (exact) mass is 488 g/mol. The molecule has 2 heterocycles. The fourth-order valence-electron chi connectivity index (χ4n) is 6.31. The maximum absolute atomic E-state index is 13.5. The average Bonchev–Trinajstić information content (AvgIpc) is 3.45. The highest BCUT2D eigenvalue weighted by molar-refractivity contribution is 6.03. The Hall–Kier alpha value is -3.19. The molecule has 1 atom stereocenters. The Labute approximate surface area is 213 Å². The summed E-state index contributed by atoms with van der Waals surface area (Å²) in [5, 5.41) is 5.57. The predicted molar refractivity (Wildman–Crippen MR) is 140 cm³/mol. The topological polar surface area (TPSA) is 81.8 Å². The molecule has 190 valence electrons. The highest BCUT2D eigenvalue weighted by atomic mass is 16.2. The molecule has 2 aromatic rings. The number of hydrogen-bond acceptors (Lipinski definition) is 4. The smallest absolute Gasteiger partial charge is 0.243 e. The van der Waals surface area contributed by atoms with Gasteiger partial charge in [-0.3, -0.25) is 19.3 Å². The second kappa shape index (κ2) is 10.4. The molecule has 1 spiro atoms. The van der Waals surface area contributed by atoms with Crippen LogP contribution in [0.1, 0.15) is 49.3 Å². The zero-order valence-electron chi connectivity index (χ0n) is 21.1. The lowest BCUT2D eigenvalue weighted by molar-refractivity contribution is -0.126. The first-order chi connectivity index (χ1) is 17.5. The van der Waals surface area contributed by atoms with Crippen LogP contribution in [0.5, 0.6) is 0 Å². The summed E-state index contributed by atoms with van der Waals surface area (Å²) in [6.45, 7) is 4.88. The van der Waals surface area contributed by atoms with Gasteiger partial charge in [0.15, 0.2) is 0 Å². The van der Waals surface area contributed by atoms with Gasteiger partial charge in [-0.25, -0.2) is 0 Å². The third-order valence-corrected chi connectivity index (χ3v) is 8.26. The number of nitrogens with one attached hydrogen (secondary N) is 2. The summed E-state index contributed by atoms with van der Waals surface area (Å²) in [7, 11) is 0. The first-order valence-electron chi connectivity index (χ1n) is 13.2. The molecule has 5 rings (SSSR count). The van der Waals surface area contributed by atoms with Crippen molar-refractivity contribution in [2.45, 2.75) is 56.9 Å². The van der Waals surface area contributed by atoms with E-state index >= 15 is 0 Å². The minimum Gasteiger partial charge on any atom is -0.355 e. The summed E-state index contributed by atoms with van der Waals surface area (Å²) >= 11 is 0. The Balaban J connectivity index is 1.18. The lowest BCUT2D eigenvalue weighted by Crippen LogP contribution is -2.50. The molecule has 0 radical (unpaired) electrons. The van der Waals surface area contributed by atoms with Crippen molar-refractivity contribution in [1.29, 1.82) is 0 Å². The number of hydrogen-bond donors (Lipinski definition) is 2. The van der Waals surface area contributed by atoms with Gasteiger partial charge in [-0.05, 0) is 66.9 Å². The van der Waals surface area contributed by atoms with Gasteiger partial charge in [0.25, 0.3) is 0 Å². The van der Waals surface area contributed by atoms with Gasteiger partial charge in [0.1, 0.15) is 6.04 Å². The Morgan fingerprint density at radius 1 is 0.917 bits per heavy atom. The van der Waals surface area contributed by atoms with Gasteiger partial charge in [-0.2, -0.15) is 0 Å². The molecule has 7 heteroatoms. The van der Waals surface area contributed by atoms with E-state index in [0.29, 0.717) is 37.9 Å². The summed E-state index contributed by atoms with van der Waals surface area (Å²) in [6.07, 6.45) is 5.61. The summed E-state index contributed by atoms with van der Waals surface area (Å²) in [6, 6.07) is 16.1. The van der Waals surface area contributed by atoms with E-state index in [1.807, 2.05) is 24.3 Å². The van der Waals surface area contributed by atoms with E-state index in [2.05, 4.69) is 39.8 Å². The fourth-order valence-corrected chi connectivity index (χ4v) is 6.31. The standard InChI is InChI=1S/C29H36N4O3/c1-21(34)30-15-16-31-28(36)26-20-23-7-3-5-9-25(23)33(26)27(35)11-17-32-18-13-29(14-19-32)12-10-22-6-2-4-8-24(22)29/h2-9,26H,10-20H2,1H3,(H,30,34)(H,31,36). The van der Waals surface area contributed by atoms with E-state index in [0.717, 1.165) is 37.2 Å². The van der Waals surface area contributed by atoms with Crippen molar-refractivity contribution in [3.63, 3.8) is 0 Å². The van der Waals surface area contributed by atoms with Crippen LogP contribution in [0.3, 0.4) is 0 Å². The number of amides is 3. The van der Waals surface area contributed by atoms with E-state index < -0.39 is 6.04 Å². The lowest BCUT2D eigenvalue weighted by atomic mass is 9.74. The SMILES string of the molecule is CC(=O)NCCNC(=O)C1Cc2ccccc2N1C(=O)CCN1CCC2(CCc3ccccc32)CC1. The number of nitrogens with zero attached hydrogens (tertiary/aromatic N) is 2. The third kappa shape index (κ3) is 4.89. The molecule has 2 aliphatic heterocycles. The molecule has 0 bridgehead atoms. The van der Waals surface area contributed by atoms with Crippen LogP contribution < -0.4 is 15.5 Å². The second-order valence-electron chi connectivity index (χ2n) is 10.4. The number of benzene rings is 2. The molecular formula is C29H36N4O3. The number of carbonyl (C=O) groups excluding carboxylic acids is 3. The number of piperidine rings is 1. The minimum atomic E-state index is -0.549. The van der Waals surface area contributed by atoms with Crippen LogP contribution >= 0.6 is 0 Å². The number of rotatable bonds is 7. The van der Waals surface area contributed by atoms with Gasteiger partial charge < -0.3 is 15.5 Å². The highest BCUT2D eigenvalue weighted by Crippen LogP contribution is 2.46. The second-order valence-corrected chi connectivity index (χ2v) is 10.4. The molecule has 0 aromatic heterocycles. The number of likely N-dealkylation sites (tertiary alicyclic amines) is 1. The molecule has 2 N–H and O–H groups in total. The molecule has 1 aliphatic carbocycles.